The molecule has 1 heterocycles. The van der Waals surface area contributed by atoms with Gasteiger partial charge >= 0.3 is 0 Å². The summed E-state index contributed by atoms with van der Waals surface area (Å²) in [7, 11) is 1.77. The second kappa shape index (κ2) is 3.51. The van der Waals surface area contributed by atoms with Crippen LogP contribution in [0.5, 0.6) is 0 Å². The number of pyridine rings is 1. The first kappa shape index (κ1) is 9.93. The van der Waals surface area contributed by atoms with Gasteiger partial charge in [-0.1, -0.05) is 18.2 Å². The lowest BCUT2D eigenvalue weighted by molar-refractivity contribution is 0.863. The van der Waals surface area contributed by atoms with E-state index in [1.807, 2.05) is 31.3 Å². The zero-order valence-electron chi connectivity index (χ0n) is 8.95. The van der Waals surface area contributed by atoms with Crippen LogP contribution in [0.15, 0.2) is 29.2 Å². The van der Waals surface area contributed by atoms with Crippen LogP contribution in [-0.4, -0.2) is 4.57 Å². The van der Waals surface area contributed by atoms with Crippen molar-refractivity contribution in [3.63, 3.8) is 0 Å². The average Bonchev–Trinajstić information content (AvgIpc) is 2.25. The molecule has 15 heavy (non-hydrogen) atoms. The Morgan fingerprint density at radius 1 is 1.40 bits per heavy atom. The van der Waals surface area contributed by atoms with E-state index < -0.39 is 0 Å². The number of aromatic nitrogens is 1. The second-order valence-electron chi connectivity index (χ2n) is 3.77. The van der Waals surface area contributed by atoms with E-state index in [4.69, 9.17) is 5.73 Å². The maximum absolute atomic E-state index is 12.0. The van der Waals surface area contributed by atoms with Crippen LogP contribution in [-0.2, 0) is 13.6 Å². The van der Waals surface area contributed by atoms with E-state index in [1.165, 1.54) is 0 Å². The van der Waals surface area contributed by atoms with E-state index in [2.05, 4.69) is 0 Å². The number of aryl methyl sites for hydroxylation is 2. The van der Waals surface area contributed by atoms with Gasteiger partial charge in [-0.25, -0.2) is 0 Å². The van der Waals surface area contributed by atoms with Crippen molar-refractivity contribution in [3.8, 4) is 0 Å². The van der Waals surface area contributed by atoms with Gasteiger partial charge < -0.3 is 10.3 Å². The third-order valence-electron chi connectivity index (χ3n) is 2.72. The molecular formula is C12H14N2O. The molecule has 0 atom stereocenters. The molecule has 0 amide bonds. The molecule has 0 spiro atoms. The summed E-state index contributed by atoms with van der Waals surface area (Å²) in [6.07, 6.45) is 1.85. The summed E-state index contributed by atoms with van der Waals surface area (Å²) in [6.45, 7) is 2.40. The van der Waals surface area contributed by atoms with Crippen LogP contribution in [0.1, 0.15) is 11.1 Å². The third-order valence-corrected chi connectivity index (χ3v) is 2.72. The normalized spacial score (nSPS) is 10.9. The highest BCUT2D eigenvalue weighted by molar-refractivity contribution is 5.87. The predicted molar refractivity (Wildman–Crippen MR) is 61.8 cm³/mol. The van der Waals surface area contributed by atoms with Crippen molar-refractivity contribution in [1.82, 2.24) is 4.57 Å². The van der Waals surface area contributed by atoms with Crippen LogP contribution >= 0.6 is 0 Å². The number of nitrogens with zero attached hydrogens (tertiary/aromatic N) is 1. The fraction of sp³-hybridized carbons (Fsp3) is 0.250. The largest absolute Gasteiger partial charge is 0.326 e. The SMILES string of the molecule is Cc1cn(C)c(=O)c2c(CN)cccc12. The molecule has 0 aliphatic rings. The predicted octanol–water partition coefficient (Wildman–Crippen LogP) is 1.31. The summed E-state index contributed by atoms with van der Waals surface area (Å²) < 4.78 is 1.61. The van der Waals surface area contributed by atoms with Crippen LogP contribution in [0.4, 0.5) is 0 Å². The first-order chi connectivity index (χ1) is 7.15. The summed E-state index contributed by atoms with van der Waals surface area (Å²) in [5.41, 5.74) is 7.67. The topological polar surface area (TPSA) is 48.0 Å². The first-order valence-electron chi connectivity index (χ1n) is 4.93. The summed E-state index contributed by atoms with van der Waals surface area (Å²) in [5.74, 6) is 0. The van der Waals surface area contributed by atoms with Crippen molar-refractivity contribution in [1.29, 1.82) is 0 Å². The molecule has 2 N–H and O–H groups in total. The third kappa shape index (κ3) is 1.45. The monoisotopic (exact) mass is 202 g/mol. The summed E-state index contributed by atoms with van der Waals surface area (Å²) in [6, 6.07) is 5.81. The Balaban J connectivity index is 3.03. The number of rotatable bonds is 1. The van der Waals surface area contributed by atoms with Crippen molar-refractivity contribution >= 4 is 10.8 Å². The van der Waals surface area contributed by atoms with Gasteiger partial charge in [0.05, 0.1) is 5.39 Å². The number of fused-ring (bicyclic) bond motifs is 1. The van der Waals surface area contributed by atoms with Gasteiger partial charge in [0, 0.05) is 19.8 Å². The quantitative estimate of drug-likeness (QED) is 0.757. The molecule has 0 aliphatic carbocycles. The van der Waals surface area contributed by atoms with E-state index in [0.29, 0.717) is 6.54 Å². The van der Waals surface area contributed by atoms with Gasteiger partial charge in [0.2, 0.25) is 0 Å². The molecule has 3 heteroatoms. The number of benzene rings is 1. The molecule has 0 unspecified atom stereocenters. The highest BCUT2D eigenvalue weighted by Gasteiger charge is 2.07. The molecule has 0 radical (unpaired) electrons. The van der Waals surface area contributed by atoms with E-state index >= 15 is 0 Å². The van der Waals surface area contributed by atoms with Gasteiger partial charge in [-0.2, -0.15) is 0 Å². The van der Waals surface area contributed by atoms with Gasteiger partial charge in [0.25, 0.3) is 5.56 Å². The average molecular weight is 202 g/mol. The Kier molecular flexibility index (Phi) is 2.32. The summed E-state index contributed by atoms with van der Waals surface area (Å²) >= 11 is 0. The van der Waals surface area contributed by atoms with Crippen molar-refractivity contribution < 1.29 is 0 Å². The van der Waals surface area contributed by atoms with Crippen LogP contribution in [0.2, 0.25) is 0 Å². The highest BCUT2D eigenvalue weighted by Crippen LogP contribution is 2.17. The van der Waals surface area contributed by atoms with E-state index in [-0.39, 0.29) is 5.56 Å². The lowest BCUT2D eigenvalue weighted by atomic mass is 10.0. The second-order valence-corrected chi connectivity index (χ2v) is 3.77. The van der Waals surface area contributed by atoms with Crippen LogP contribution in [0.3, 0.4) is 0 Å². The molecule has 78 valence electrons. The maximum Gasteiger partial charge on any atom is 0.258 e. The molecule has 1 aromatic heterocycles. The first-order valence-corrected chi connectivity index (χ1v) is 4.93. The highest BCUT2D eigenvalue weighted by atomic mass is 16.1. The van der Waals surface area contributed by atoms with Crippen molar-refractivity contribution in [2.75, 3.05) is 0 Å². The minimum Gasteiger partial charge on any atom is -0.326 e. The number of nitrogens with two attached hydrogens (primary N) is 1. The zero-order valence-corrected chi connectivity index (χ0v) is 8.95. The molecule has 2 aromatic rings. The van der Waals surface area contributed by atoms with Gasteiger partial charge in [0.1, 0.15) is 0 Å². The minimum absolute atomic E-state index is 0.0247. The Labute approximate surface area is 88.1 Å². The summed E-state index contributed by atoms with van der Waals surface area (Å²) in [5, 5.41) is 1.75. The Hall–Kier alpha value is -1.61. The van der Waals surface area contributed by atoms with Crippen LogP contribution in [0, 0.1) is 6.92 Å². The minimum atomic E-state index is 0.0247. The van der Waals surface area contributed by atoms with Gasteiger partial charge in [-0.15, -0.1) is 0 Å². The lowest BCUT2D eigenvalue weighted by Crippen LogP contribution is -2.18. The van der Waals surface area contributed by atoms with E-state index in [1.54, 1.807) is 11.6 Å². The lowest BCUT2D eigenvalue weighted by Gasteiger charge is -2.08. The molecule has 0 fully saturated rings. The van der Waals surface area contributed by atoms with Gasteiger partial charge in [-0.05, 0) is 23.4 Å². The standard InChI is InChI=1S/C12H14N2O/c1-8-7-14(2)12(15)11-9(6-13)4-3-5-10(8)11/h3-5,7H,6,13H2,1-2H3. The Morgan fingerprint density at radius 2 is 2.13 bits per heavy atom. The van der Waals surface area contributed by atoms with E-state index in [9.17, 15) is 4.79 Å². The molecule has 2 rings (SSSR count). The Morgan fingerprint density at radius 3 is 2.80 bits per heavy atom. The van der Waals surface area contributed by atoms with Crippen molar-refractivity contribution in [2.24, 2.45) is 12.8 Å². The van der Waals surface area contributed by atoms with Crippen LogP contribution in [0.25, 0.3) is 10.8 Å². The Bertz CT molecular complexity index is 570. The number of hydrogen-bond donors (Lipinski definition) is 1. The fourth-order valence-electron chi connectivity index (χ4n) is 1.95. The molecule has 3 nitrogen and oxygen atoms in total. The van der Waals surface area contributed by atoms with Gasteiger partial charge in [-0.3, -0.25) is 4.79 Å². The molecule has 0 saturated heterocycles. The fourth-order valence-corrected chi connectivity index (χ4v) is 1.95. The van der Waals surface area contributed by atoms with Crippen LogP contribution < -0.4 is 11.3 Å². The molecule has 0 bridgehead atoms. The molecule has 0 aliphatic heterocycles. The van der Waals surface area contributed by atoms with Gasteiger partial charge in [0.15, 0.2) is 0 Å². The van der Waals surface area contributed by atoms with E-state index in [0.717, 1.165) is 21.9 Å². The summed E-state index contributed by atoms with van der Waals surface area (Å²) in [4.78, 5) is 12.0. The number of hydrogen-bond acceptors (Lipinski definition) is 2. The maximum atomic E-state index is 12.0. The molecular weight excluding hydrogens is 188 g/mol. The molecule has 0 saturated carbocycles. The van der Waals surface area contributed by atoms with Crippen molar-refractivity contribution in [2.45, 2.75) is 13.5 Å². The smallest absolute Gasteiger partial charge is 0.258 e. The molecule has 1 aromatic carbocycles. The zero-order chi connectivity index (χ0) is 11.0. The van der Waals surface area contributed by atoms with Crippen molar-refractivity contribution in [3.05, 3.63) is 45.9 Å².